The summed E-state index contributed by atoms with van der Waals surface area (Å²) in [6.07, 6.45) is 3.94. The number of unbranched alkanes of at least 4 members (excludes halogenated alkanes) is 2. The maximum atomic E-state index is 12.9. The van der Waals surface area contributed by atoms with E-state index < -0.39 is 16.4 Å². The van der Waals surface area contributed by atoms with Crippen molar-refractivity contribution in [2.24, 2.45) is 0 Å². The Labute approximate surface area is 227 Å². The number of rotatable bonds is 13. The maximum Gasteiger partial charge on any atom is 0.303 e. The van der Waals surface area contributed by atoms with Gasteiger partial charge in [-0.2, -0.15) is 0 Å². The van der Waals surface area contributed by atoms with Crippen LogP contribution in [-0.4, -0.2) is 66.0 Å². The lowest BCUT2D eigenvalue weighted by molar-refractivity contribution is -0.137. The van der Waals surface area contributed by atoms with Gasteiger partial charge in [0.25, 0.3) is 0 Å². The number of hydrogen-bond donors (Lipinski definition) is 2. The van der Waals surface area contributed by atoms with Gasteiger partial charge in [-0.3, -0.25) is 14.2 Å². The molecule has 2 aromatic carbocycles. The van der Waals surface area contributed by atoms with Crippen LogP contribution in [0.25, 0.3) is 17.1 Å². The number of nitrogens with zero attached hydrogens (tertiary/aromatic N) is 4. The van der Waals surface area contributed by atoms with E-state index in [0.717, 1.165) is 31.4 Å². The molecule has 1 saturated heterocycles. The second-order valence-electron chi connectivity index (χ2n) is 8.96. The Hall–Kier alpha value is -3.06. The summed E-state index contributed by atoms with van der Waals surface area (Å²) < 4.78 is 29.2. The van der Waals surface area contributed by atoms with E-state index in [0.29, 0.717) is 42.6 Å². The molecule has 0 bridgehead atoms. The van der Waals surface area contributed by atoms with E-state index in [1.807, 2.05) is 34.9 Å². The summed E-state index contributed by atoms with van der Waals surface area (Å²) in [6, 6.07) is 16.2. The van der Waals surface area contributed by atoms with E-state index >= 15 is 0 Å². The first-order valence-electron chi connectivity index (χ1n) is 12.6. The van der Waals surface area contributed by atoms with Gasteiger partial charge in [-0.05, 0) is 62.1 Å². The summed E-state index contributed by atoms with van der Waals surface area (Å²) >= 11 is 1.26. The quantitative estimate of drug-likeness (QED) is 0.184. The summed E-state index contributed by atoms with van der Waals surface area (Å²) in [6.45, 7) is 1.58. The van der Waals surface area contributed by atoms with Crippen molar-refractivity contribution in [2.75, 3.05) is 25.4 Å². The SMILES string of the molecule is O=C(O)CCCCCNC(=O)CSc1nnc(-c2ccc([S+](=O)([O-])N3CCCC3)cc2)n1-c1ccccc1. The lowest BCUT2D eigenvalue weighted by atomic mass is 10.2. The van der Waals surface area contributed by atoms with Gasteiger partial charge >= 0.3 is 5.97 Å². The van der Waals surface area contributed by atoms with Gasteiger partial charge in [-0.25, -0.2) is 0 Å². The molecule has 3 aromatic rings. The molecule has 1 amide bonds. The molecule has 0 spiro atoms. The number of carbonyl (C=O) groups is 2. The van der Waals surface area contributed by atoms with Crippen molar-refractivity contribution in [3.63, 3.8) is 0 Å². The Kier molecular flexibility index (Phi) is 9.67. The van der Waals surface area contributed by atoms with E-state index in [2.05, 4.69) is 15.5 Å². The van der Waals surface area contributed by atoms with Crippen molar-refractivity contribution in [3.05, 3.63) is 54.6 Å². The summed E-state index contributed by atoms with van der Waals surface area (Å²) in [5.74, 6) is -0.264. The van der Waals surface area contributed by atoms with Crippen LogP contribution in [0.3, 0.4) is 0 Å². The minimum absolute atomic E-state index is 0.137. The minimum atomic E-state index is -3.51. The van der Waals surface area contributed by atoms with Gasteiger partial charge in [0, 0.05) is 37.3 Å². The van der Waals surface area contributed by atoms with Crippen molar-refractivity contribution >= 4 is 34.0 Å². The van der Waals surface area contributed by atoms with Gasteiger partial charge in [0.2, 0.25) is 5.91 Å². The topological polar surface area (TPSA) is 140 Å². The fraction of sp³-hybridized carbons (Fsp3) is 0.385. The zero-order valence-corrected chi connectivity index (χ0v) is 22.6. The zero-order chi connectivity index (χ0) is 27.0. The Morgan fingerprint density at radius 1 is 1.00 bits per heavy atom. The third kappa shape index (κ3) is 7.07. The van der Waals surface area contributed by atoms with Crippen LogP contribution in [-0.2, 0) is 24.2 Å². The van der Waals surface area contributed by atoms with E-state index in [1.54, 1.807) is 24.3 Å². The highest BCUT2D eigenvalue weighted by Gasteiger charge is 2.32. The largest absolute Gasteiger partial charge is 0.593 e. The molecular formula is C26H31N5O5S2. The standard InChI is InChI=1S/C26H31N5O5S2/c32-23(27-16-6-2-5-11-24(33)34)19-37-26-29-28-25(31(26)21-9-3-1-4-10-21)20-12-14-22(15-13-20)38(35,36)30-17-7-8-18-30/h1,3-4,9-10,12-15H,2,5-8,11,16-19H2,(H2-,27,32,33,34,35,36). The number of amides is 1. The van der Waals surface area contributed by atoms with Crippen LogP contribution in [0.2, 0.25) is 0 Å². The molecule has 1 unspecified atom stereocenters. The summed E-state index contributed by atoms with van der Waals surface area (Å²) in [7, 11) is -3.51. The van der Waals surface area contributed by atoms with Crippen LogP contribution in [0, 0.1) is 0 Å². The van der Waals surface area contributed by atoms with Crippen molar-refractivity contribution in [3.8, 4) is 17.1 Å². The van der Waals surface area contributed by atoms with E-state index in [9.17, 15) is 18.4 Å². The molecule has 4 rings (SSSR count). The highest BCUT2D eigenvalue weighted by Crippen LogP contribution is 2.31. The Morgan fingerprint density at radius 3 is 2.39 bits per heavy atom. The first kappa shape index (κ1) is 28.0. The lowest BCUT2D eigenvalue weighted by Crippen LogP contribution is -2.33. The van der Waals surface area contributed by atoms with Gasteiger partial charge in [0.15, 0.2) is 26.3 Å². The smallest absolute Gasteiger partial charge is 0.303 e. The average molecular weight is 558 g/mol. The lowest BCUT2D eigenvalue weighted by Gasteiger charge is -2.22. The molecule has 1 fully saturated rings. The second-order valence-corrected chi connectivity index (χ2v) is 11.8. The monoisotopic (exact) mass is 557 g/mol. The number of thioether (sulfide) groups is 1. The van der Waals surface area contributed by atoms with Crippen LogP contribution in [0.4, 0.5) is 0 Å². The molecule has 12 heteroatoms. The Balaban J connectivity index is 1.45. The second kappa shape index (κ2) is 13.1. The summed E-state index contributed by atoms with van der Waals surface area (Å²) in [4.78, 5) is 23.2. The van der Waals surface area contributed by atoms with Gasteiger partial charge in [-0.1, -0.05) is 40.6 Å². The maximum absolute atomic E-state index is 12.9. The molecule has 1 aliphatic rings. The predicted octanol–water partition coefficient (Wildman–Crippen LogP) is 3.79. The number of para-hydroxylation sites is 1. The van der Waals surface area contributed by atoms with Gasteiger partial charge in [0.1, 0.15) is 0 Å². The van der Waals surface area contributed by atoms with Crippen LogP contribution in [0.15, 0.2) is 64.6 Å². The van der Waals surface area contributed by atoms with Gasteiger partial charge < -0.3 is 15.0 Å². The van der Waals surface area contributed by atoms with E-state index in [4.69, 9.17) is 5.11 Å². The van der Waals surface area contributed by atoms with E-state index in [1.165, 1.54) is 16.1 Å². The predicted molar refractivity (Wildman–Crippen MR) is 145 cm³/mol. The molecular weight excluding hydrogens is 526 g/mol. The van der Waals surface area contributed by atoms with Gasteiger partial charge in [0.05, 0.1) is 5.75 Å². The third-order valence-electron chi connectivity index (χ3n) is 6.19. The minimum Gasteiger partial charge on any atom is -0.593 e. The van der Waals surface area contributed by atoms with Crippen LogP contribution in [0.1, 0.15) is 38.5 Å². The molecule has 0 radical (unpaired) electrons. The van der Waals surface area contributed by atoms with Crippen LogP contribution < -0.4 is 5.32 Å². The van der Waals surface area contributed by atoms with Crippen molar-refractivity contribution in [2.45, 2.75) is 48.6 Å². The number of nitrogens with one attached hydrogen (secondary N) is 1. The number of carboxylic acids is 1. The molecule has 38 heavy (non-hydrogen) atoms. The molecule has 202 valence electrons. The van der Waals surface area contributed by atoms with Gasteiger partial charge in [-0.15, -0.1) is 14.5 Å². The highest BCUT2D eigenvalue weighted by atomic mass is 32.3. The average Bonchev–Trinajstić information content (AvgIpc) is 3.61. The summed E-state index contributed by atoms with van der Waals surface area (Å²) in [5, 5.41) is 20.8. The number of sulfonamides is 1. The fourth-order valence-corrected chi connectivity index (χ4v) is 6.50. The number of benzene rings is 2. The first-order chi connectivity index (χ1) is 18.4. The number of carboxylic acid groups (broad SMARTS) is 1. The molecule has 1 aromatic heterocycles. The molecule has 2 N–H and O–H groups in total. The first-order valence-corrected chi connectivity index (χ1v) is 15.0. The molecule has 1 aliphatic heterocycles. The molecule has 0 aliphatic carbocycles. The van der Waals surface area contributed by atoms with Crippen molar-refractivity contribution in [1.82, 2.24) is 24.4 Å². The Morgan fingerprint density at radius 2 is 1.71 bits per heavy atom. The number of aromatic nitrogens is 3. The van der Waals surface area contributed by atoms with Crippen LogP contribution in [0.5, 0.6) is 0 Å². The van der Waals surface area contributed by atoms with E-state index in [-0.39, 0.29) is 23.0 Å². The zero-order valence-electron chi connectivity index (χ0n) is 21.0. The fourth-order valence-electron chi connectivity index (χ4n) is 4.20. The molecule has 1 atom stereocenters. The normalized spacial score (nSPS) is 15.3. The number of hydrogen-bond acceptors (Lipinski definition) is 7. The van der Waals surface area contributed by atoms with Crippen LogP contribution >= 0.6 is 11.8 Å². The summed E-state index contributed by atoms with van der Waals surface area (Å²) in [5.41, 5.74) is 1.53. The number of aliphatic carboxylic acids is 1. The molecule has 2 heterocycles. The number of carbonyl (C=O) groups excluding carboxylic acids is 1. The highest BCUT2D eigenvalue weighted by molar-refractivity contribution is 7.99. The third-order valence-corrected chi connectivity index (χ3v) is 9.03. The molecule has 10 nitrogen and oxygen atoms in total. The van der Waals surface area contributed by atoms with Crippen molar-refractivity contribution in [1.29, 1.82) is 0 Å². The molecule has 0 saturated carbocycles. The van der Waals surface area contributed by atoms with Crippen molar-refractivity contribution < 1.29 is 23.5 Å². The Bertz CT molecular complexity index is 1280.